The Morgan fingerprint density at radius 1 is 1.12 bits per heavy atom. The highest BCUT2D eigenvalue weighted by Gasteiger charge is 2.24. The van der Waals surface area contributed by atoms with Crippen molar-refractivity contribution in [3.05, 3.63) is 66.3 Å². The molecule has 0 radical (unpaired) electrons. The SMILES string of the molecule is c1cc(Cn2cnc3ccccc32)cc(-c2noc(C3CCCO3)n2)c1. The van der Waals surface area contributed by atoms with Gasteiger partial charge in [-0.1, -0.05) is 35.5 Å². The molecule has 5 rings (SSSR count). The van der Waals surface area contributed by atoms with Crippen molar-refractivity contribution in [1.82, 2.24) is 19.7 Å². The third kappa shape index (κ3) is 2.78. The largest absolute Gasteiger partial charge is 0.368 e. The van der Waals surface area contributed by atoms with Crippen molar-refractivity contribution in [2.75, 3.05) is 6.61 Å². The van der Waals surface area contributed by atoms with Gasteiger partial charge in [0.2, 0.25) is 5.82 Å². The van der Waals surface area contributed by atoms with E-state index in [-0.39, 0.29) is 6.10 Å². The fraction of sp³-hybridized carbons (Fsp3) is 0.250. The fourth-order valence-electron chi connectivity index (χ4n) is 3.40. The second-order valence-corrected chi connectivity index (χ2v) is 6.52. The van der Waals surface area contributed by atoms with Crippen molar-refractivity contribution in [1.29, 1.82) is 0 Å². The molecule has 1 saturated heterocycles. The Hall–Kier alpha value is -2.99. The van der Waals surface area contributed by atoms with Gasteiger partial charge in [-0.05, 0) is 36.6 Å². The van der Waals surface area contributed by atoms with Crippen LogP contribution in [-0.4, -0.2) is 26.3 Å². The molecule has 26 heavy (non-hydrogen) atoms. The smallest absolute Gasteiger partial charge is 0.256 e. The first-order valence-electron chi connectivity index (χ1n) is 8.81. The predicted octanol–water partition coefficient (Wildman–Crippen LogP) is 3.99. The van der Waals surface area contributed by atoms with Crippen LogP contribution >= 0.6 is 0 Å². The molecule has 1 atom stereocenters. The number of rotatable bonds is 4. The Bertz CT molecular complexity index is 1050. The van der Waals surface area contributed by atoms with E-state index >= 15 is 0 Å². The van der Waals surface area contributed by atoms with Gasteiger partial charge in [-0.25, -0.2) is 4.98 Å². The van der Waals surface area contributed by atoms with E-state index in [1.165, 1.54) is 0 Å². The van der Waals surface area contributed by atoms with Crippen LogP contribution in [0.25, 0.3) is 22.4 Å². The summed E-state index contributed by atoms with van der Waals surface area (Å²) < 4.78 is 13.2. The highest BCUT2D eigenvalue weighted by Crippen LogP contribution is 2.29. The third-order valence-electron chi connectivity index (χ3n) is 4.71. The Morgan fingerprint density at radius 3 is 3.00 bits per heavy atom. The summed E-state index contributed by atoms with van der Waals surface area (Å²) in [6, 6.07) is 16.3. The number of hydrogen-bond donors (Lipinski definition) is 0. The topological polar surface area (TPSA) is 66.0 Å². The number of aromatic nitrogens is 4. The maximum Gasteiger partial charge on any atom is 0.256 e. The van der Waals surface area contributed by atoms with Gasteiger partial charge in [-0.2, -0.15) is 4.98 Å². The van der Waals surface area contributed by atoms with Gasteiger partial charge in [0.1, 0.15) is 6.10 Å². The normalized spacial score (nSPS) is 17.2. The van der Waals surface area contributed by atoms with Crippen LogP contribution in [0.4, 0.5) is 0 Å². The summed E-state index contributed by atoms with van der Waals surface area (Å²) in [5.41, 5.74) is 4.23. The standard InChI is InChI=1S/C20H18N4O2/c1-2-8-17-16(7-1)21-13-24(17)12-14-5-3-6-15(11-14)19-22-20(26-23-19)18-9-4-10-25-18/h1-3,5-8,11,13,18H,4,9-10,12H2. The van der Waals surface area contributed by atoms with Gasteiger partial charge >= 0.3 is 0 Å². The van der Waals surface area contributed by atoms with E-state index in [4.69, 9.17) is 9.26 Å². The zero-order valence-corrected chi connectivity index (χ0v) is 14.2. The number of ether oxygens (including phenoxy) is 1. The van der Waals surface area contributed by atoms with Gasteiger partial charge in [-0.15, -0.1) is 0 Å². The fourth-order valence-corrected chi connectivity index (χ4v) is 3.40. The molecule has 0 amide bonds. The number of benzene rings is 2. The number of imidazole rings is 1. The maximum absolute atomic E-state index is 5.62. The highest BCUT2D eigenvalue weighted by atomic mass is 16.5. The zero-order valence-electron chi connectivity index (χ0n) is 14.2. The summed E-state index contributed by atoms with van der Waals surface area (Å²) in [4.78, 5) is 8.98. The molecule has 0 spiro atoms. The molecule has 130 valence electrons. The zero-order chi connectivity index (χ0) is 17.3. The first-order valence-corrected chi connectivity index (χ1v) is 8.81. The summed E-state index contributed by atoms with van der Waals surface area (Å²) in [5, 5.41) is 4.13. The first-order chi connectivity index (χ1) is 12.9. The number of hydrogen-bond acceptors (Lipinski definition) is 5. The summed E-state index contributed by atoms with van der Waals surface area (Å²) in [5.74, 6) is 1.18. The lowest BCUT2D eigenvalue weighted by molar-refractivity contribution is 0.0835. The molecular formula is C20H18N4O2. The van der Waals surface area contributed by atoms with Crippen molar-refractivity contribution in [2.24, 2.45) is 0 Å². The van der Waals surface area contributed by atoms with E-state index < -0.39 is 0 Å². The minimum atomic E-state index is -0.0586. The van der Waals surface area contributed by atoms with Gasteiger partial charge in [0, 0.05) is 18.7 Å². The van der Waals surface area contributed by atoms with Crippen molar-refractivity contribution in [3.63, 3.8) is 0 Å². The molecule has 1 fully saturated rings. The van der Waals surface area contributed by atoms with E-state index in [2.05, 4.69) is 37.9 Å². The quantitative estimate of drug-likeness (QED) is 0.559. The van der Waals surface area contributed by atoms with Crippen LogP contribution in [0.5, 0.6) is 0 Å². The second-order valence-electron chi connectivity index (χ2n) is 6.52. The molecule has 6 heteroatoms. The van der Waals surface area contributed by atoms with E-state index in [1.54, 1.807) is 0 Å². The number of para-hydroxylation sites is 2. The Labute approximate surface area is 150 Å². The van der Waals surface area contributed by atoms with Gasteiger partial charge in [0.15, 0.2) is 0 Å². The highest BCUT2D eigenvalue weighted by molar-refractivity contribution is 5.75. The minimum Gasteiger partial charge on any atom is -0.368 e. The lowest BCUT2D eigenvalue weighted by Crippen LogP contribution is -1.98. The first kappa shape index (κ1) is 15.3. The van der Waals surface area contributed by atoms with Crippen molar-refractivity contribution in [2.45, 2.75) is 25.5 Å². The van der Waals surface area contributed by atoms with Gasteiger partial charge in [-0.3, -0.25) is 0 Å². The molecule has 1 aliphatic rings. The molecule has 0 saturated carbocycles. The van der Waals surface area contributed by atoms with E-state index in [1.807, 2.05) is 36.7 Å². The maximum atomic E-state index is 5.62. The summed E-state index contributed by atoms with van der Waals surface area (Å²) in [6.07, 6.45) is 3.80. The average molecular weight is 346 g/mol. The molecule has 0 bridgehead atoms. The minimum absolute atomic E-state index is 0.0586. The average Bonchev–Trinajstić information content (AvgIpc) is 3.43. The van der Waals surface area contributed by atoms with Crippen LogP contribution in [0.3, 0.4) is 0 Å². The third-order valence-corrected chi connectivity index (χ3v) is 4.71. The Kier molecular flexibility index (Phi) is 3.75. The molecule has 3 heterocycles. The van der Waals surface area contributed by atoms with Crippen LogP contribution in [0.15, 0.2) is 59.4 Å². The van der Waals surface area contributed by atoms with Crippen molar-refractivity contribution in [3.8, 4) is 11.4 Å². The molecule has 6 nitrogen and oxygen atoms in total. The van der Waals surface area contributed by atoms with Crippen LogP contribution in [0.1, 0.15) is 30.4 Å². The Morgan fingerprint density at radius 2 is 2.08 bits per heavy atom. The summed E-state index contributed by atoms with van der Waals surface area (Å²) in [6.45, 7) is 1.50. The number of fused-ring (bicyclic) bond motifs is 1. The molecule has 0 N–H and O–H groups in total. The van der Waals surface area contributed by atoms with Crippen molar-refractivity contribution < 1.29 is 9.26 Å². The predicted molar refractivity (Wildman–Crippen MR) is 96.5 cm³/mol. The lowest BCUT2D eigenvalue weighted by Gasteiger charge is -2.06. The molecular weight excluding hydrogens is 328 g/mol. The van der Waals surface area contributed by atoms with Crippen LogP contribution in [0, 0.1) is 0 Å². The molecule has 1 unspecified atom stereocenters. The second kappa shape index (κ2) is 6.38. The molecule has 1 aliphatic heterocycles. The van der Waals surface area contributed by atoms with Crippen LogP contribution in [0.2, 0.25) is 0 Å². The lowest BCUT2D eigenvalue weighted by atomic mass is 10.1. The molecule has 0 aliphatic carbocycles. The van der Waals surface area contributed by atoms with E-state index in [0.717, 1.165) is 48.2 Å². The number of nitrogens with zero attached hydrogens (tertiary/aromatic N) is 4. The van der Waals surface area contributed by atoms with Crippen molar-refractivity contribution >= 4 is 11.0 Å². The van der Waals surface area contributed by atoms with E-state index in [0.29, 0.717) is 11.7 Å². The van der Waals surface area contributed by atoms with Crippen LogP contribution < -0.4 is 0 Å². The monoisotopic (exact) mass is 346 g/mol. The molecule has 4 aromatic rings. The van der Waals surface area contributed by atoms with Gasteiger partial charge in [0.05, 0.1) is 17.4 Å². The molecule has 2 aromatic heterocycles. The summed E-state index contributed by atoms with van der Waals surface area (Å²) in [7, 11) is 0. The van der Waals surface area contributed by atoms with Crippen LogP contribution in [-0.2, 0) is 11.3 Å². The van der Waals surface area contributed by atoms with E-state index in [9.17, 15) is 0 Å². The molecule has 2 aromatic carbocycles. The summed E-state index contributed by atoms with van der Waals surface area (Å²) >= 11 is 0. The van der Waals surface area contributed by atoms with Gasteiger partial charge in [0.25, 0.3) is 5.89 Å². The Balaban J connectivity index is 1.42. The van der Waals surface area contributed by atoms with Gasteiger partial charge < -0.3 is 13.8 Å².